The van der Waals surface area contributed by atoms with Crippen LogP contribution in [0, 0.1) is 0 Å². The van der Waals surface area contributed by atoms with Gasteiger partial charge in [0.15, 0.2) is 0 Å². The largest absolute Gasteiger partial charge is 0.509 e. The van der Waals surface area contributed by atoms with E-state index < -0.39 is 45.6 Å². The van der Waals surface area contributed by atoms with Crippen molar-refractivity contribution in [3.05, 3.63) is 58.3 Å². The molecule has 1 aromatic carbocycles. The van der Waals surface area contributed by atoms with Crippen molar-refractivity contribution in [3.8, 4) is 0 Å². The van der Waals surface area contributed by atoms with Gasteiger partial charge in [-0.1, -0.05) is 36.4 Å². The van der Waals surface area contributed by atoms with Crippen LogP contribution < -0.4 is 4.72 Å². The molecule has 32 heavy (non-hydrogen) atoms. The fourth-order valence-corrected chi connectivity index (χ4v) is 4.18. The number of esters is 1. The van der Waals surface area contributed by atoms with Crippen molar-refractivity contribution in [1.29, 1.82) is 0 Å². The first-order valence-corrected chi connectivity index (χ1v) is 12.2. The van der Waals surface area contributed by atoms with Crippen LogP contribution in [-0.4, -0.2) is 32.8 Å². The number of rotatable bonds is 8. The first kappa shape index (κ1) is 26.0. The van der Waals surface area contributed by atoms with Gasteiger partial charge in [0.05, 0.1) is 15.7 Å². The van der Waals surface area contributed by atoms with Crippen molar-refractivity contribution in [2.45, 2.75) is 70.6 Å². The van der Waals surface area contributed by atoms with E-state index in [1.165, 1.54) is 11.3 Å². The molecule has 0 saturated heterocycles. The molecule has 176 valence electrons. The molecule has 0 unspecified atom stereocenters. The smallest absolute Gasteiger partial charge is 0.458 e. The molecule has 3 atom stereocenters. The molecule has 0 fully saturated rings. The van der Waals surface area contributed by atoms with Gasteiger partial charge in [-0.2, -0.15) is 0 Å². The highest BCUT2D eigenvalue weighted by Crippen LogP contribution is 2.28. The van der Waals surface area contributed by atoms with E-state index in [1.807, 2.05) is 35.7 Å². The second-order valence-corrected chi connectivity index (χ2v) is 12.1. The summed E-state index contributed by atoms with van der Waals surface area (Å²) in [5, 5.41) is 1.82. The molecule has 9 heteroatoms. The molecule has 2 aromatic rings. The lowest BCUT2D eigenvalue weighted by Crippen LogP contribution is -2.45. The molecule has 0 spiro atoms. The van der Waals surface area contributed by atoms with Crippen LogP contribution in [0.3, 0.4) is 0 Å². The van der Waals surface area contributed by atoms with Gasteiger partial charge in [-0.3, -0.25) is 0 Å². The van der Waals surface area contributed by atoms with Crippen LogP contribution >= 0.6 is 11.3 Å². The zero-order chi connectivity index (χ0) is 23.9. The summed E-state index contributed by atoms with van der Waals surface area (Å²) >= 11 is 1.35. The molecule has 1 heterocycles. The van der Waals surface area contributed by atoms with Crippen molar-refractivity contribution < 1.29 is 28.0 Å². The van der Waals surface area contributed by atoms with Crippen LogP contribution in [0.15, 0.2) is 47.8 Å². The van der Waals surface area contributed by atoms with E-state index in [0.717, 1.165) is 5.56 Å². The average molecular weight is 482 g/mol. The molecule has 0 aliphatic rings. The van der Waals surface area contributed by atoms with Gasteiger partial charge in [0.1, 0.15) is 18.2 Å². The molecule has 2 rings (SSSR count). The monoisotopic (exact) mass is 481 g/mol. The van der Waals surface area contributed by atoms with Crippen molar-refractivity contribution in [1.82, 2.24) is 4.72 Å². The minimum absolute atomic E-state index is 0.00731. The summed E-state index contributed by atoms with van der Waals surface area (Å²) in [6, 6.07) is 11.9. The van der Waals surface area contributed by atoms with Gasteiger partial charge in [-0.05, 0) is 58.6 Å². The van der Waals surface area contributed by atoms with Gasteiger partial charge >= 0.3 is 12.1 Å². The number of hydrogen-bond acceptors (Lipinski definition) is 7. The zero-order valence-corrected chi connectivity index (χ0v) is 20.9. The van der Waals surface area contributed by atoms with Crippen LogP contribution in [-0.2, 0) is 36.6 Å². The van der Waals surface area contributed by atoms with Crippen molar-refractivity contribution >= 4 is 34.4 Å². The van der Waals surface area contributed by atoms with Crippen LogP contribution in [0.4, 0.5) is 4.79 Å². The number of ether oxygens (including phenoxy) is 3. The Kier molecular flexibility index (Phi) is 9.00. The summed E-state index contributed by atoms with van der Waals surface area (Å²) in [5.74, 6) is -0.767. The molecule has 0 aliphatic carbocycles. The number of carbonyl (C=O) groups is 2. The Balaban J connectivity index is 2.32. The maximum Gasteiger partial charge on any atom is 0.509 e. The minimum Gasteiger partial charge on any atom is -0.458 e. The molecule has 0 radical (unpaired) electrons. The van der Waals surface area contributed by atoms with E-state index in [2.05, 4.69) is 4.72 Å². The molecular weight excluding hydrogens is 450 g/mol. The lowest BCUT2D eigenvalue weighted by molar-refractivity contribution is -0.159. The number of benzene rings is 1. The zero-order valence-electron chi connectivity index (χ0n) is 19.2. The number of hydrogen-bond donors (Lipinski definition) is 1. The summed E-state index contributed by atoms with van der Waals surface area (Å²) in [5.41, 5.74) is -0.0221. The molecule has 0 amide bonds. The molecule has 0 aliphatic heterocycles. The van der Waals surface area contributed by atoms with Crippen LogP contribution in [0.2, 0.25) is 0 Å². The lowest BCUT2D eigenvalue weighted by atomic mass is 10.1. The van der Waals surface area contributed by atoms with Crippen molar-refractivity contribution in [3.63, 3.8) is 0 Å². The molecule has 0 bridgehead atoms. The van der Waals surface area contributed by atoms with Gasteiger partial charge in [-0.25, -0.2) is 18.5 Å². The van der Waals surface area contributed by atoms with Crippen molar-refractivity contribution in [2.75, 3.05) is 0 Å². The van der Waals surface area contributed by atoms with E-state index in [0.29, 0.717) is 4.88 Å². The highest BCUT2D eigenvalue weighted by molar-refractivity contribution is 7.84. The van der Waals surface area contributed by atoms with Gasteiger partial charge < -0.3 is 14.2 Å². The number of thiophene rings is 1. The predicted molar refractivity (Wildman–Crippen MR) is 125 cm³/mol. The maximum atomic E-state index is 13.1. The van der Waals surface area contributed by atoms with E-state index in [1.54, 1.807) is 53.7 Å². The van der Waals surface area contributed by atoms with Crippen LogP contribution in [0.25, 0.3) is 0 Å². The SMILES string of the molecule is CC(C)(C)OC(=O)O[C@@H](C(=O)OCc1ccccc1)[C@@H](N[S@](=O)C(C)(C)C)c1cccs1. The molecule has 7 nitrogen and oxygen atoms in total. The van der Waals surface area contributed by atoms with Gasteiger partial charge in [0.25, 0.3) is 0 Å². The standard InChI is InChI=1S/C23H31NO6S2/c1-22(2,3)30-21(26)29-19(20(25)28-15-16-11-8-7-9-12-16)18(17-13-10-14-31-17)24-32(27)23(4,5)6/h7-14,18-19,24H,15H2,1-6H3/t18-,19+,32+/m0/s1. The first-order chi connectivity index (χ1) is 14.9. The van der Waals surface area contributed by atoms with E-state index in [4.69, 9.17) is 14.2 Å². The van der Waals surface area contributed by atoms with E-state index >= 15 is 0 Å². The van der Waals surface area contributed by atoms with Gasteiger partial charge in [0.2, 0.25) is 6.10 Å². The summed E-state index contributed by atoms with van der Waals surface area (Å²) in [7, 11) is -1.55. The van der Waals surface area contributed by atoms with Crippen LogP contribution in [0.1, 0.15) is 58.0 Å². The van der Waals surface area contributed by atoms with Crippen LogP contribution in [0.5, 0.6) is 0 Å². The Morgan fingerprint density at radius 1 is 1.03 bits per heavy atom. The highest BCUT2D eigenvalue weighted by Gasteiger charge is 2.39. The predicted octanol–water partition coefficient (Wildman–Crippen LogP) is 4.90. The van der Waals surface area contributed by atoms with E-state index in [-0.39, 0.29) is 6.61 Å². The van der Waals surface area contributed by atoms with E-state index in [9.17, 15) is 13.8 Å². The minimum atomic E-state index is -1.55. The van der Waals surface area contributed by atoms with Crippen molar-refractivity contribution in [2.24, 2.45) is 0 Å². The summed E-state index contributed by atoms with van der Waals surface area (Å²) < 4.78 is 31.4. The Labute approximate surface area is 196 Å². The third kappa shape index (κ3) is 8.37. The molecule has 0 saturated carbocycles. The third-order valence-electron chi connectivity index (χ3n) is 4.01. The number of carbonyl (C=O) groups excluding carboxylic acids is 2. The Morgan fingerprint density at radius 2 is 1.69 bits per heavy atom. The average Bonchev–Trinajstić information content (AvgIpc) is 3.21. The second kappa shape index (κ2) is 11.1. The highest BCUT2D eigenvalue weighted by atomic mass is 32.2. The summed E-state index contributed by atoms with van der Waals surface area (Å²) in [6.45, 7) is 10.5. The fraction of sp³-hybridized carbons (Fsp3) is 0.478. The first-order valence-electron chi connectivity index (χ1n) is 10.2. The fourth-order valence-electron chi connectivity index (χ4n) is 2.47. The van der Waals surface area contributed by atoms with Gasteiger partial charge in [0, 0.05) is 4.88 Å². The maximum absolute atomic E-state index is 13.1. The topological polar surface area (TPSA) is 90.9 Å². The Bertz CT molecular complexity index is 901. The number of nitrogens with one attached hydrogen (secondary N) is 1. The Morgan fingerprint density at radius 3 is 2.22 bits per heavy atom. The molecule has 1 aromatic heterocycles. The quantitative estimate of drug-likeness (QED) is 0.539. The van der Waals surface area contributed by atoms with Gasteiger partial charge in [-0.15, -0.1) is 11.3 Å². The molecule has 1 N–H and O–H groups in total. The normalized spacial score (nSPS) is 14.8. The summed E-state index contributed by atoms with van der Waals surface area (Å²) in [6.07, 6.45) is -2.41. The second-order valence-electron chi connectivity index (χ2n) is 9.09. The molecular formula is C23H31NO6S2. The third-order valence-corrected chi connectivity index (χ3v) is 6.55. The summed E-state index contributed by atoms with van der Waals surface area (Å²) in [4.78, 5) is 26.2. The Hall–Kier alpha value is -2.23. The lowest BCUT2D eigenvalue weighted by Gasteiger charge is -2.29.